The van der Waals surface area contributed by atoms with E-state index < -0.39 is 5.60 Å². The zero-order valence-corrected chi connectivity index (χ0v) is 13.2. The van der Waals surface area contributed by atoms with Gasteiger partial charge < -0.3 is 15.0 Å². The summed E-state index contributed by atoms with van der Waals surface area (Å²) >= 11 is 1.66. The molecule has 1 aliphatic heterocycles. The molecule has 1 saturated heterocycles. The van der Waals surface area contributed by atoms with Crippen molar-refractivity contribution in [3.8, 4) is 0 Å². The lowest BCUT2D eigenvalue weighted by Crippen LogP contribution is -2.36. The molecule has 5 nitrogen and oxygen atoms in total. The number of ether oxygens (including phenoxy) is 1. The lowest BCUT2D eigenvalue weighted by Gasteiger charge is -2.24. The molecule has 1 aromatic heterocycles. The van der Waals surface area contributed by atoms with E-state index in [9.17, 15) is 4.79 Å². The molecule has 0 spiro atoms. The maximum Gasteiger partial charge on any atom is 0.410 e. The summed E-state index contributed by atoms with van der Waals surface area (Å²) in [6.07, 6.45) is 2.73. The van der Waals surface area contributed by atoms with E-state index in [-0.39, 0.29) is 6.09 Å². The van der Waals surface area contributed by atoms with Crippen LogP contribution < -0.4 is 5.32 Å². The second kappa shape index (κ2) is 6.54. The SMILES string of the molecule is CC(C)(C)OC(=O)N1CC[C@@H](CNCc2cncs2)C1. The van der Waals surface area contributed by atoms with Gasteiger partial charge >= 0.3 is 6.09 Å². The van der Waals surface area contributed by atoms with E-state index in [4.69, 9.17) is 4.74 Å². The molecule has 2 heterocycles. The van der Waals surface area contributed by atoms with Gasteiger partial charge in [0.2, 0.25) is 0 Å². The minimum Gasteiger partial charge on any atom is -0.444 e. The average molecular weight is 297 g/mol. The van der Waals surface area contributed by atoms with Crippen LogP contribution in [0.3, 0.4) is 0 Å². The van der Waals surface area contributed by atoms with Gasteiger partial charge in [-0.05, 0) is 33.1 Å². The van der Waals surface area contributed by atoms with E-state index in [2.05, 4.69) is 10.3 Å². The highest BCUT2D eigenvalue weighted by Gasteiger charge is 2.29. The second-order valence-electron chi connectivity index (χ2n) is 6.18. The van der Waals surface area contributed by atoms with Crippen molar-refractivity contribution in [3.63, 3.8) is 0 Å². The van der Waals surface area contributed by atoms with Gasteiger partial charge in [0.05, 0.1) is 5.51 Å². The highest BCUT2D eigenvalue weighted by atomic mass is 32.1. The third kappa shape index (κ3) is 4.76. The second-order valence-corrected chi connectivity index (χ2v) is 7.15. The zero-order chi connectivity index (χ0) is 14.6. The Morgan fingerprint density at radius 3 is 3.05 bits per heavy atom. The number of nitrogens with zero attached hydrogens (tertiary/aromatic N) is 2. The van der Waals surface area contributed by atoms with E-state index in [1.54, 1.807) is 11.3 Å². The van der Waals surface area contributed by atoms with Gasteiger partial charge in [-0.25, -0.2) is 4.79 Å². The number of carbonyl (C=O) groups excluding carboxylic acids is 1. The highest BCUT2D eigenvalue weighted by Crippen LogP contribution is 2.19. The average Bonchev–Trinajstić information content (AvgIpc) is 2.97. The Morgan fingerprint density at radius 1 is 1.60 bits per heavy atom. The van der Waals surface area contributed by atoms with Gasteiger partial charge in [0, 0.05) is 37.3 Å². The third-order valence-corrected chi connectivity index (χ3v) is 3.93. The Hall–Kier alpha value is -1.14. The molecule has 1 atom stereocenters. The minimum absolute atomic E-state index is 0.192. The lowest BCUT2D eigenvalue weighted by atomic mass is 10.1. The summed E-state index contributed by atoms with van der Waals surface area (Å²) in [5, 5.41) is 3.43. The molecule has 1 aliphatic rings. The molecular weight excluding hydrogens is 274 g/mol. The van der Waals surface area contributed by atoms with E-state index in [0.29, 0.717) is 5.92 Å². The largest absolute Gasteiger partial charge is 0.444 e. The highest BCUT2D eigenvalue weighted by molar-refractivity contribution is 7.09. The van der Waals surface area contributed by atoms with Crippen molar-refractivity contribution in [3.05, 3.63) is 16.6 Å². The molecule has 0 radical (unpaired) electrons. The topological polar surface area (TPSA) is 54.5 Å². The molecule has 1 fully saturated rings. The fraction of sp³-hybridized carbons (Fsp3) is 0.714. The number of thiazole rings is 1. The van der Waals surface area contributed by atoms with Crippen molar-refractivity contribution < 1.29 is 9.53 Å². The number of nitrogens with one attached hydrogen (secondary N) is 1. The van der Waals surface area contributed by atoms with Gasteiger partial charge in [0.1, 0.15) is 5.60 Å². The Bertz CT molecular complexity index is 428. The zero-order valence-electron chi connectivity index (χ0n) is 12.4. The van der Waals surface area contributed by atoms with Crippen molar-refractivity contribution in [1.82, 2.24) is 15.2 Å². The maximum absolute atomic E-state index is 11.9. The molecule has 2 rings (SSSR count). The molecule has 0 bridgehead atoms. The van der Waals surface area contributed by atoms with Gasteiger partial charge in [-0.1, -0.05) is 0 Å². The van der Waals surface area contributed by atoms with Crippen molar-refractivity contribution in [2.24, 2.45) is 5.92 Å². The number of rotatable bonds is 4. The predicted octanol–water partition coefficient (Wildman–Crippen LogP) is 2.49. The van der Waals surface area contributed by atoms with Crippen molar-refractivity contribution in [2.45, 2.75) is 39.3 Å². The van der Waals surface area contributed by atoms with E-state index >= 15 is 0 Å². The molecule has 112 valence electrons. The van der Waals surface area contributed by atoms with E-state index in [1.807, 2.05) is 37.4 Å². The van der Waals surface area contributed by atoms with Crippen LogP contribution in [0.1, 0.15) is 32.1 Å². The van der Waals surface area contributed by atoms with Crippen LogP contribution in [0.2, 0.25) is 0 Å². The standard InChI is InChI=1S/C14H23N3O2S/c1-14(2,3)19-13(18)17-5-4-11(9-17)6-15-7-12-8-16-10-20-12/h8,10-11,15H,4-7,9H2,1-3H3/t11-/m0/s1. The fourth-order valence-corrected chi connectivity index (χ4v) is 2.78. The molecule has 1 N–H and O–H groups in total. The van der Waals surface area contributed by atoms with Crippen LogP contribution in [0.5, 0.6) is 0 Å². The molecule has 1 aromatic rings. The van der Waals surface area contributed by atoms with Gasteiger partial charge in [-0.2, -0.15) is 0 Å². The first-order valence-corrected chi connectivity index (χ1v) is 7.88. The smallest absolute Gasteiger partial charge is 0.410 e. The molecular formula is C14H23N3O2S. The normalized spacial score (nSPS) is 19.4. The Balaban J connectivity index is 1.68. The van der Waals surface area contributed by atoms with E-state index in [1.165, 1.54) is 4.88 Å². The fourth-order valence-electron chi connectivity index (χ4n) is 2.22. The molecule has 0 aromatic carbocycles. The molecule has 20 heavy (non-hydrogen) atoms. The quantitative estimate of drug-likeness (QED) is 0.927. The summed E-state index contributed by atoms with van der Waals surface area (Å²) in [5.74, 6) is 0.510. The first-order chi connectivity index (χ1) is 9.44. The van der Waals surface area contributed by atoms with Crippen LogP contribution in [0.15, 0.2) is 11.7 Å². The maximum atomic E-state index is 11.9. The van der Waals surface area contributed by atoms with Crippen molar-refractivity contribution in [1.29, 1.82) is 0 Å². The van der Waals surface area contributed by atoms with Gasteiger partial charge in [-0.15, -0.1) is 11.3 Å². The van der Waals surface area contributed by atoms with Gasteiger partial charge in [0.15, 0.2) is 0 Å². The van der Waals surface area contributed by atoms with Crippen molar-refractivity contribution in [2.75, 3.05) is 19.6 Å². The summed E-state index contributed by atoms with van der Waals surface area (Å²) in [6.45, 7) is 9.05. The Labute approximate surface area is 124 Å². The van der Waals surface area contributed by atoms with E-state index in [0.717, 1.165) is 32.6 Å². The Morgan fingerprint density at radius 2 is 2.40 bits per heavy atom. The van der Waals surface area contributed by atoms with Crippen molar-refractivity contribution >= 4 is 17.4 Å². The number of hydrogen-bond acceptors (Lipinski definition) is 5. The lowest BCUT2D eigenvalue weighted by molar-refractivity contribution is 0.0288. The number of hydrogen-bond donors (Lipinski definition) is 1. The van der Waals surface area contributed by atoms with Crippen LogP contribution in [0, 0.1) is 5.92 Å². The predicted molar refractivity (Wildman–Crippen MR) is 79.7 cm³/mol. The number of amides is 1. The number of likely N-dealkylation sites (tertiary alicyclic amines) is 1. The number of carbonyl (C=O) groups is 1. The molecule has 0 saturated carbocycles. The first-order valence-electron chi connectivity index (χ1n) is 7.00. The van der Waals surface area contributed by atoms with Crippen LogP contribution >= 0.6 is 11.3 Å². The molecule has 0 unspecified atom stereocenters. The number of aromatic nitrogens is 1. The third-order valence-electron chi connectivity index (χ3n) is 3.15. The van der Waals surface area contributed by atoms with Crippen LogP contribution in [0.25, 0.3) is 0 Å². The Kier molecular flexibility index (Phi) is 4.99. The van der Waals surface area contributed by atoms with Crippen LogP contribution in [-0.2, 0) is 11.3 Å². The van der Waals surface area contributed by atoms with Crippen LogP contribution in [0.4, 0.5) is 4.79 Å². The monoisotopic (exact) mass is 297 g/mol. The first kappa shape index (κ1) is 15.3. The summed E-state index contributed by atoms with van der Waals surface area (Å²) < 4.78 is 5.39. The summed E-state index contributed by atoms with van der Waals surface area (Å²) in [4.78, 5) is 19.0. The summed E-state index contributed by atoms with van der Waals surface area (Å²) in [5.41, 5.74) is 1.43. The van der Waals surface area contributed by atoms with Crippen LogP contribution in [-0.4, -0.2) is 41.2 Å². The summed E-state index contributed by atoms with van der Waals surface area (Å²) in [7, 11) is 0. The molecule has 0 aliphatic carbocycles. The van der Waals surface area contributed by atoms with Gasteiger partial charge in [-0.3, -0.25) is 4.98 Å². The molecule has 1 amide bonds. The minimum atomic E-state index is -0.417. The summed E-state index contributed by atoms with van der Waals surface area (Å²) in [6, 6.07) is 0. The van der Waals surface area contributed by atoms with Gasteiger partial charge in [0.25, 0.3) is 0 Å². The molecule has 6 heteroatoms.